The normalized spacial score (nSPS) is 11.4. The van der Waals surface area contributed by atoms with E-state index in [4.69, 9.17) is 22.9 Å². The Balaban J connectivity index is 2.03. The number of nitrogens with one attached hydrogen (secondary N) is 1. The van der Waals surface area contributed by atoms with Crippen LogP contribution in [0.5, 0.6) is 11.5 Å². The number of aromatic nitrogens is 1. The van der Waals surface area contributed by atoms with Crippen LogP contribution < -0.4 is 20.2 Å². The first kappa shape index (κ1) is 22.9. The molecule has 0 unspecified atom stereocenters. The van der Waals surface area contributed by atoms with Crippen molar-refractivity contribution < 1.29 is 27.5 Å². The lowest BCUT2D eigenvalue weighted by Gasteiger charge is -2.15. The highest BCUT2D eigenvalue weighted by atomic mass is 31.2. The Morgan fingerprint density at radius 3 is 2.26 bits per heavy atom. The van der Waals surface area contributed by atoms with Gasteiger partial charge in [0.05, 0.1) is 27.4 Å². The maximum atomic E-state index is 13.5. The summed E-state index contributed by atoms with van der Waals surface area (Å²) in [5.41, 5.74) is 1.77. The minimum atomic E-state index is -3.69. The van der Waals surface area contributed by atoms with Crippen molar-refractivity contribution in [3.8, 4) is 23.0 Å². The molecule has 1 aromatic heterocycles. The summed E-state index contributed by atoms with van der Waals surface area (Å²) in [5.74, 6) is 1.59. The van der Waals surface area contributed by atoms with Crippen molar-refractivity contribution in [3.05, 3.63) is 54.1 Å². The summed E-state index contributed by atoms with van der Waals surface area (Å²) in [6, 6.07) is 15.0. The van der Waals surface area contributed by atoms with Crippen molar-refractivity contribution in [3.63, 3.8) is 0 Å². The first-order valence-electron chi connectivity index (χ1n) is 9.95. The van der Waals surface area contributed by atoms with Crippen molar-refractivity contribution in [2.24, 2.45) is 0 Å². The molecule has 0 atom stereocenters. The van der Waals surface area contributed by atoms with Gasteiger partial charge in [-0.05, 0) is 37.6 Å². The minimum Gasteiger partial charge on any atom is -0.493 e. The first-order chi connectivity index (χ1) is 15.0. The molecule has 0 radical (unpaired) electrons. The molecule has 1 heterocycles. The third-order valence-electron chi connectivity index (χ3n) is 4.39. The van der Waals surface area contributed by atoms with Gasteiger partial charge < -0.3 is 28.3 Å². The van der Waals surface area contributed by atoms with E-state index in [0.29, 0.717) is 23.6 Å². The summed E-state index contributed by atoms with van der Waals surface area (Å²) in [5, 5.41) is 3.18. The fourth-order valence-electron chi connectivity index (χ4n) is 2.98. The molecule has 0 fully saturated rings. The van der Waals surface area contributed by atoms with Crippen LogP contribution in [-0.4, -0.2) is 32.4 Å². The van der Waals surface area contributed by atoms with Gasteiger partial charge in [0, 0.05) is 12.1 Å². The molecule has 0 saturated carbocycles. The molecular formula is C22H27N2O6P. The summed E-state index contributed by atoms with van der Waals surface area (Å²) in [6.07, 6.45) is 0. The number of ether oxygens (including phenoxy) is 2. The van der Waals surface area contributed by atoms with E-state index in [1.54, 1.807) is 46.3 Å². The van der Waals surface area contributed by atoms with E-state index >= 15 is 0 Å². The van der Waals surface area contributed by atoms with Gasteiger partial charge in [0.15, 0.2) is 11.5 Å². The quantitative estimate of drug-likeness (QED) is 0.418. The standard InChI is InChI=1S/C22H27N2O6P/c1-5-28-31(25,29-6-2)22-21(23-15-16-10-8-7-9-11-16)30-20(24-22)17-12-13-18(26-3)19(14-17)27-4/h7-14,23H,5-6,15H2,1-4H3. The van der Waals surface area contributed by atoms with Gasteiger partial charge in [0.25, 0.3) is 0 Å². The Morgan fingerprint density at radius 2 is 1.65 bits per heavy atom. The SMILES string of the molecule is CCOP(=O)(OCC)c1nc(-c2ccc(OC)c(OC)c2)oc1NCc1ccccc1. The van der Waals surface area contributed by atoms with Gasteiger partial charge in [0.1, 0.15) is 0 Å². The zero-order valence-electron chi connectivity index (χ0n) is 18.1. The molecule has 0 bridgehead atoms. The third kappa shape index (κ3) is 5.28. The predicted molar refractivity (Wildman–Crippen MR) is 119 cm³/mol. The highest BCUT2D eigenvalue weighted by Gasteiger charge is 2.36. The van der Waals surface area contributed by atoms with Gasteiger partial charge in [0.2, 0.25) is 17.2 Å². The smallest absolute Gasteiger partial charge is 0.385 e. The molecule has 0 amide bonds. The molecular weight excluding hydrogens is 419 g/mol. The lowest BCUT2D eigenvalue weighted by atomic mass is 10.2. The van der Waals surface area contributed by atoms with Crippen molar-refractivity contribution >= 4 is 18.9 Å². The van der Waals surface area contributed by atoms with E-state index in [1.165, 1.54) is 0 Å². The summed E-state index contributed by atoms with van der Waals surface area (Å²) in [4.78, 5) is 4.49. The number of rotatable bonds is 11. The lowest BCUT2D eigenvalue weighted by Crippen LogP contribution is -2.16. The number of methoxy groups -OCH3 is 2. The van der Waals surface area contributed by atoms with Crippen LogP contribution in [0.15, 0.2) is 52.9 Å². The average Bonchev–Trinajstić information content (AvgIpc) is 3.23. The van der Waals surface area contributed by atoms with Crippen LogP contribution in [0.2, 0.25) is 0 Å². The van der Waals surface area contributed by atoms with Crippen LogP contribution in [0.25, 0.3) is 11.5 Å². The molecule has 9 heteroatoms. The molecule has 2 aromatic carbocycles. The van der Waals surface area contributed by atoms with Crippen molar-refractivity contribution in [2.75, 3.05) is 32.8 Å². The van der Waals surface area contributed by atoms with Crippen LogP contribution in [0.3, 0.4) is 0 Å². The molecule has 166 valence electrons. The fraction of sp³-hybridized carbons (Fsp3) is 0.318. The molecule has 8 nitrogen and oxygen atoms in total. The number of anilines is 1. The summed E-state index contributed by atoms with van der Waals surface area (Å²) in [6.45, 7) is 4.35. The molecule has 0 aliphatic carbocycles. The Labute approximate surface area is 182 Å². The van der Waals surface area contributed by atoms with Crippen LogP contribution >= 0.6 is 7.60 Å². The molecule has 3 aromatic rings. The van der Waals surface area contributed by atoms with Crippen molar-refractivity contribution in [1.29, 1.82) is 0 Å². The van der Waals surface area contributed by atoms with Crippen molar-refractivity contribution in [1.82, 2.24) is 4.98 Å². The Hall–Kier alpha value is -2.80. The van der Waals surface area contributed by atoms with Gasteiger partial charge in [-0.1, -0.05) is 30.3 Å². The topological polar surface area (TPSA) is 92.1 Å². The second kappa shape index (κ2) is 10.5. The van der Waals surface area contributed by atoms with Gasteiger partial charge in [-0.25, -0.2) is 0 Å². The number of nitrogens with zero attached hydrogens (tertiary/aromatic N) is 1. The number of hydrogen-bond donors (Lipinski definition) is 1. The van der Waals surface area contributed by atoms with Gasteiger partial charge in [-0.2, -0.15) is 4.98 Å². The second-order valence-corrected chi connectivity index (χ2v) is 8.35. The predicted octanol–water partition coefficient (Wildman–Crippen LogP) is 4.86. The van der Waals surface area contributed by atoms with Crippen LogP contribution in [0, 0.1) is 0 Å². The highest BCUT2D eigenvalue weighted by Crippen LogP contribution is 2.49. The highest BCUT2D eigenvalue weighted by molar-refractivity contribution is 7.62. The zero-order valence-corrected chi connectivity index (χ0v) is 19.0. The summed E-state index contributed by atoms with van der Waals surface area (Å²) < 4.78 is 41.1. The Kier molecular flexibility index (Phi) is 7.74. The van der Waals surface area contributed by atoms with E-state index in [-0.39, 0.29) is 30.4 Å². The minimum absolute atomic E-state index is 0.108. The van der Waals surface area contributed by atoms with Gasteiger partial charge in [-0.15, -0.1) is 0 Å². The van der Waals surface area contributed by atoms with Gasteiger partial charge >= 0.3 is 7.60 Å². The summed E-state index contributed by atoms with van der Waals surface area (Å²) in [7, 11) is -0.576. The number of benzene rings is 2. The maximum Gasteiger partial charge on any atom is 0.385 e. The third-order valence-corrected chi connectivity index (χ3v) is 6.41. The van der Waals surface area contributed by atoms with Crippen LogP contribution in [0.4, 0.5) is 5.88 Å². The van der Waals surface area contributed by atoms with E-state index in [1.807, 2.05) is 30.3 Å². The Bertz CT molecular complexity index is 1030. The van der Waals surface area contributed by atoms with E-state index in [0.717, 1.165) is 5.56 Å². The van der Waals surface area contributed by atoms with E-state index in [2.05, 4.69) is 10.3 Å². The largest absolute Gasteiger partial charge is 0.493 e. The van der Waals surface area contributed by atoms with E-state index < -0.39 is 7.60 Å². The first-order valence-corrected chi connectivity index (χ1v) is 11.5. The molecule has 0 aliphatic rings. The average molecular weight is 446 g/mol. The van der Waals surface area contributed by atoms with Crippen LogP contribution in [0.1, 0.15) is 19.4 Å². The molecule has 1 N–H and O–H groups in total. The fourth-order valence-corrected chi connectivity index (χ4v) is 4.57. The Morgan fingerprint density at radius 1 is 0.968 bits per heavy atom. The zero-order chi connectivity index (χ0) is 22.3. The van der Waals surface area contributed by atoms with Gasteiger partial charge in [-0.3, -0.25) is 4.57 Å². The molecule has 0 saturated heterocycles. The maximum absolute atomic E-state index is 13.5. The number of hydrogen-bond acceptors (Lipinski definition) is 8. The lowest BCUT2D eigenvalue weighted by molar-refractivity contribution is 0.229. The molecule has 0 spiro atoms. The van der Waals surface area contributed by atoms with Crippen molar-refractivity contribution in [2.45, 2.75) is 20.4 Å². The monoisotopic (exact) mass is 446 g/mol. The molecule has 3 rings (SSSR count). The molecule has 31 heavy (non-hydrogen) atoms. The number of oxazole rings is 1. The second-order valence-electron chi connectivity index (χ2n) is 6.41. The summed E-state index contributed by atoms with van der Waals surface area (Å²) >= 11 is 0. The molecule has 0 aliphatic heterocycles. The van der Waals surface area contributed by atoms with Crippen LogP contribution in [-0.2, 0) is 20.2 Å². The van der Waals surface area contributed by atoms with E-state index in [9.17, 15) is 4.57 Å².